The Morgan fingerprint density at radius 1 is 1.10 bits per heavy atom. The molecule has 6 heteroatoms. The molecule has 1 fully saturated rings. The molecule has 0 unspecified atom stereocenters. The molecule has 1 aliphatic rings. The summed E-state index contributed by atoms with van der Waals surface area (Å²) in [7, 11) is 0. The van der Waals surface area contributed by atoms with Gasteiger partial charge in [0, 0.05) is 25.2 Å². The Hall–Kier alpha value is -1.80. The molecule has 0 spiro atoms. The molecule has 1 heterocycles. The van der Waals surface area contributed by atoms with Gasteiger partial charge in [-0.1, -0.05) is 42.5 Å². The van der Waals surface area contributed by atoms with Gasteiger partial charge in [-0.25, -0.2) is 0 Å². The number of nitrogens with two attached hydrogens (primary N) is 1. The van der Waals surface area contributed by atoms with E-state index in [1.54, 1.807) is 0 Å². The first-order valence-electron chi connectivity index (χ1n) is 10.1. The first-order chi connectivity index (χ1) is 13.7. The van der Waals surface area contributed by atoms with Crippen molar-refractivity contribution in [3.05, 3.63) is 65.7 Å². The Bertz CT molecular complexity index is 744. The third-order valence-electron chi connectivity index (χ3n) is 5.34. The number of halogens is 1. The third kappa shape index (κ3) is 6.89. The molecule has 3 rings (SSSR count). The quantitative estimate of drug-likeness (QED) is 0.322. The first-order valence-corrected chi connectivity index (χ1v) is 10.1. The molecule has 0 atom stereocenters. The number of nitrogens with zero attached hydrogens (tertiary/aromatic N) is 1. The number of benzene rings is 2. The summed E-state index contributed by atoms with van der Waals surface area (Å²) in [4.78, 5) is 4.68. The third-order valence-corrected chi connectivity index (χ3v) is 5.34. The van der Waals surface area contributed by atoms with Gasteiger partial charge in [0.2, 0.25) is 0 Å². The second-order valence-corrected chi connectivity index (χ2v) is 7.21. The van der Waals surface area contributed by atoms with Crippen LogP contribution in [0.4, 0.5) is 0 Å². The van der Waals surface area contributed by atoms with E-state index >= 15 is 0 Å². The highest BCUT2D eigenvalue weighted by molar-refractivity contribution is 14.0. The summed E-state index contributed by atoms with van der Waals surface area (Å²) >= 11 is 0. The molecule has 0 amide bonds. The van der Waals surface area contributed by atoms with Gasteiger partial charge in [-0.05, 0) is 49.4 Å². The average molecular weight is 509 g/mol. The largest absolute Gasteiger partial charge is 0.494 e. The van der Waals surface area contributed by atoms with Crippen LogP contribution < -0.4 is 15.8 Å². The van der Waals surface area contributed by atoms with Gasteiger partial charge in [-0.2, -0.15) is 0 Å². The van der Waals surface area contributed by atoms with Crippen LogP contribution in [0, 0.1) is 0 Å². The lowest BCUT2D eigenvalue weighted by atomic mass is 9.74. The highest BCUT2D eigenvalue weighted by atomic mass is 127. The molecule has 0 saturated carbocycles. The minimum atomic E-state index is -0.0330. The van der Waals surface area contributed by atoms with Gasteiger partial charge in [0.15, 0.2) is 5.96 Å². The predicted octanol–water partition coefficient (Wildman–Crippen LogP) is 3.90. The topological polar surface area (TPSA) is 68.9 Å². The molecule has 0 radical (unpaired) electrons. The van der Waals surface area contributed by atoms with Crippen LogP contribution in [0.5, 0.6) is 5.75 Å². The molecule has 1 saturated heterocycles. The van der Waals surface area contributed by atoms with Gasteiger partial charge < -0.3 is 20.5 Å². The maximum Gasteiger partial charge on any atom is 0.188 e. The number of rotatable bonds is 8. The zero-order chi connectivity index (χ0) is 19.7. The molecule has 0 bridgehead atoms. The van der Waals surface area contributed by atoms with Crippen LogP contribution in [-0.4, -0.2) is 38.9 Å². The number of hydrogen-bond donors (Lipinski definition) is 2. The van der Waals surface area contributed by atoms with Crippen LogP contribution in [0.1, 0.15) is 30.9 Å². The Morgan fingerprint density at radius 2 is 1.79 bits per heavy atom. The van der Waals surface area contributed by atoms with Crippen molar-refractivity contribution in [3.8, 4) is 5.75 Å². The summed E-state index contributed by atoms with van der Waals surface area (Å²) in [6, 6.07) is 18.8. The van der Waals surface area contributed by atoms with E-state index in [0.29, 0.717) is 19.1 Å². The second kappa shape index (κ2) is 12.0. The molecule has 5 nitrogen and oxygen atoms in total. The smallest absolute Gasteiger partial charge is 0.188 e. The van der Waals surface area contributed by atoms with Crippen LogP contribution in [0.2, 0.25) is 0 Å². The monoisotopic (exact) mass is 509 g/mol. The Balaban J connectivity index is 0.00000300. The molecular weight excluding hydrogens is 477 g/mol. The Morgan fingerprint density at radius 3 is 2.45 bits per heavy atom. The van der Waals surface area contributed by atoms with Crippen molar-refractivity contribution >= 4 is 29.9 Å². The van der Waals surface area contributed by atoms with Crippen molar-refractivity contribution < 1.29 is 9.47 Å². The van der Waals surface area contributed by atoms with Crippen molar-refractivity contribution in [2.75, 3.05) is 32.9 Å². The SMILES string of the molecule is CCOc1ccc(C2(CN=C(N)NCCc3ccccc3)CCOCC2)cc1.I. The standard InChI is InChI=1S/C23H31N3O2.HI/c1-2-28-21-10-8-20(9-11-21)23(13-16-27-17-14-23)18-26-22(24)25-15-12-19-6-4-3-5-7-19;/h3-11H,2,12-18H2,1H3,(H3,24,25,26);1H. The summed E-state index contributed by atoms with van der Waals surface area (Å²) in [5.41, 5.74) is 8.68. The van der Waals surface area contributed by atoms with E-state index in [1.807, 2.05) is 25.1 Å². The molecule has 2 aromatic rings. The summed E-state index contributed by atoms with van der Waals surface area (Å²) in [5, 5.41) is 3.24. The number of hydrogen-bond acceptors (Lipinski definition) is 3. The summed E-state index contributed by atoms with van der Waals surface area (Å²) in [5.74, 6) is 1.41. The van der Waals surface area contributed by atoms with Crippen molar-refractivity contribution in [1.29, 1.82) is 0 Å². The Kier molecular flexibility index (Phi) is 9.73. The number of aliphatic imine (C=N–C) groups is 1. The fraction of sp³-hybridized carbons (Fsp3) is 0.435. The van der Waals surface area contributed by atoms with Crippen LogP contribution >= 0.6 is 24.0 Å². The maximum absolute atomic E-state index is 6.14. The molecule has 29 heavy (non-hydrogen) atoms. The molecular formula is C23H32IN3O2. The lowest BCUT2D eigenvalue weighted by Crippen LogP contribution is -2.39. The first kappa shape index (κ1) is 23.5. The van der Waals surface area contributed by atoms with E-state index in [-0.39, 0.29) is 29.4 Å². The van der Waals surface area contributed by atoms with Crippen LogP contribution in [0.3, 0.4) is 0 Å². The predicted molar refractivity (Wildman–Crippen MR) is 129 cm³/mol. The van der Waals surface area contributed by atoms with E-state index in [2.05, 4.69) is 46.7 Å². The van der Waals surface area contributed by atoms with Gasteiger partial charge in [0.25, 0.3) is 0 Å². The lowest BCUT2D eigenvalue weighted by molar-refractivity contribution is 0.0531. The van der Waals surface area contributed by atoms with Crippen molar-refractivity contribution in [2.24, 2.45) is 10.7 Å². The fourth-order valence-electron chi connectivity index (χ4n) is 3.64. The highest BCUT2D eigenvalue weighted by Gasteiger charge is 2.34. The highest BCUT2D eigenvalue weighted by Crippen LogP contribution is 2.36. The van der Waals surface area contributed by atoms with Gasteiger partial charge in [-0.3, -0.25) is 4.99 Å². The summed E-state index contributed by atoms with van der Waals surface area (Å²) in [6.07, 6.45) is 2.82. The van der Waals surface area contributed by atoms with Crippen LogP contribution in [-0.2, 0) is 16.6 Å². The van der Waals surface area contributed by atoms with E-state index in [1.165, 1.54) is 11.1 Å². The Labute approximate surface area is 191 Å². The van der Waals surface area contributed by atoms with E-state index in [9.17, 15) is 0 Å². The molecule has 0 aliphatic carbocycles. The fourth-order valence-corrected chi connectivity index (χ4v) is 3.64. The van der Waals surface area contributed by atoms with Crippen molar-refractivity contribution in [3.63, 3.8) is 0 Å². The van der Waals surface area contributed by atoms with E-state index in [0.717, 1.165) is 44.8 Å². The molecule has 0 aromatic heterocycles. The van der Waals surface area contributed by atoms with Crippen LogP contribution in [0.15, 0.2) is 59.6 Å². The molecule has 158 valence electrons. The molecule has 2 aromatic carbocycles. The average Bonchev–Trinajstić information content (AvgIpc) is 2.74. The second-order valence-electron chi connectivity index (χ2n) is 7.21. The zero-order valence-electron chi connectivity index (χ0n) is 17.1. The number of ether oxygens (including phenoxy) is 2. The zero-order valence-corrected chi connectivity index (χ0v) is 19.4. The lowest BCUT2D eigenvalue weighted by Gasteiger charge is -2.36. The summed E-state index contributed by atoms with van der Waals surface area (Å²) in [6.45, 7) is 5.62. The molecule has 3 N–H and O–H groups in total. The van der Waals surface area contributed by atoms with Crippen LogP contribution in [0.25, 0.3) is 0 Å². The van der Waals surface area contributed by atoms with Gasteiger partial charge >= 0.3 is 0 Å². The normalized spacial score (nSPS) is 16.0. The van der Waals surface area contributed by atoms with Crippen molar-refractivity contribution in [1.82, 2.24) is 5.32 Å². The van der Waals surface area contributed by atoms with E-state index in [4.69, 9.17) is 15.2 Å². The number of nitrogens with one attached hydrogen (secondary N) is 1. The van der Waals surface area contributed by atoms with Gasteiger partial charge in [-0.15, -0.1) is 24.0 Å². The van der Waals surface area contributed by atoms with Crippen molar-refractivity contribution in [2.45, 2.75) is 31.6 Å². The minimum Gasteiger partial charge on any atom is -0.494 e. The maximum atomic E-state index is 6.14. The molecule has 1 aliphatic heterocycles. The van der Waals surface area contributed by atoms with Gasteiger partial charge in [0.05, 0.1) is 13.2 Å². The number of guanidine groups is 1. The minimum absolute atomic E-state index is 0. The summed E-state index contributed by atoms with van der Waals surface area (Å²) < 4.78 is 11.2. The van der Waals surface area contributed by atoms with E-state index < -0.39 is 0 Å². The van der Waals surface area contributed by atoms with Gasteiger partial charge in [0.1, 0.15) is 5.75 Å².